The van der Waals surface area contributed by atoms with Crippen molar-refractivity contribution in [3.8, 4) is 0 Å². The maximum absolute atomic E-state index is 4.10. The van der Waals surface area contributed by atoms with Gasteiger partial charge in [0.2, 0.25) is 0 Å². The Morgan fingerprint density at radius 3 is 2.19 bits per heavy atom. The van der Waals surface area contributed by atoms with E-state index >= 15 is 0 Å². The first-order valence-electron chi connectivity index (χ1n) is 6.85. The van der Waals surface area contributed by atoms with E-state index < -0.39 is 0 Å². The minimum Gasteiger partial charge on any atom is -0.389 e. The molecule has 0 heterocycles. The average molecular weight is 225 g/mol. The van der Waals surface area contributed by atoms with Gasteiger partial charge in [-0.05, 0) is 30.6 Å². The molecule has 1 N–H and O–H groups in total. The highest BCUT2D eigenvalue weighted by molar-refractivity contribution is 4.92. The third-order valence-electron chi connectivity index (χ3n) is 3.29. The Morgan fingerprint density at radius 1 is 1.06 bits per heavy atom. The summed E-state index contributed by atoms with van der Waals surface area (Å²) in [5.74, 6) is 2.32. The summed E-state index contributed by atoms with van der Waals surface area (Å²) in [6, 6.07) is 0. The zero-order valence-electron chi connectivity index (χ0n) is 12.0. The van der Waals surface area contributed by atoms with Gasteiger partial charge < -0.3 is 5.32 Å². The summed E-state index contributed by atoms with van der Waals surface area (Å²) in [5, 5.41) is 3.45. The van der Waals surface area contributed by atoms with E-state index in [1.54, 1.807) is 0 Å². The van der Waals surface area contributed by atoms with Crippen molar-refractivity contribution in [2.45, 2.75) is 60.3 Å². The molecule has 16 heavy (non-hydrogen) atoms. The summed E-state index contributed by atoms with van der Waals surface area (Å²) < 4.78 is 0. The SMILES string of the molecule is C=C(CC(C)C(C)C)NCCCCC(C)C. The molecule has 0 aliphatic rings. The predicted octanol–water partition coefficient (Wildman–Crippen LogP) is 4.60. The first kappa shape index (κ1) is 15.5. The van der Waals surface area contributed by atoms with Crippen molar-refractivity contribution in [1.29, 1.82) is 0 Å². The van der Waals surface area contributed by atoms with Gasteiger partial charge in [0.1, 0.15) is 0 Å². The third kappa shape index (κ3) is 8.82. The first-order chi connectivity index (χ1) is 7.43. The van der Waals surface area contributed by atoms with Crippen molar-refractivity contribution < 1.29 is 0 Å². The maximum Gasteiger partial charge on any atom is 0.0143 e. The van der Waals surface area contributed by atoms with Gasteiger partial charge in [-0.3, -0.25) is 0 Å². The molecule has 1 nitrogen and oxygen atoms in total. The van der Waals surface area contributed by atoms with E-state index in [1.807, 2.05) is 0 Å². The van der Waals surface area contributed by atoms with Crippen LogP contribution in [0, 0.1) is 17.8 Å². The van der Waals surface area contributed by atoms with Crippen LogP contribution in [0.25, 0.3) is 0 Å². The quantitative estimate of drug-likeness (QED) is 0.566. The summed E-state index contributed by atoms with van der Waals surface area (Å²) in [6.45, 7) is 16.6. The minimum absolute atomic E-state index is 0.732. The molecule has 0 aromatic carbocycles. The molecule has 1 atom stereocenters. The molecule has 0 aromatic rings. The second-order valence-electron chi connectivity index (χ2n) is 5.85. The van der Waals surface area contributed by atoms with Crippen molar-refractivity contribution in [3.05, 3.63) is 12.3 Å². The van der Waals surface area contributed by atoms with Gasteiger partial charge in [0, 0.05) is 12.2 Å². The normalized spacial score (nSPS) is 13.2. The van der Waals surface area contributed by atoms with E-state index in [0.29, 0.717) is 0 Å². The van der Waals surface area contributed by atoms with Gasteiger partial charge in [-0.25, -0.2) is 0 Å². The molecule has 0 aliphatic carbocycles. The van der Waals surface area contributed by atoms with Crippen LogP contribution in [0.5, 0.6) is 0 Å². The third-order valence-corrected chi connectivity index (χ3v) is 3.29. The van der Waals surface area contributed by atoms with Crippen molar-refractivity contribution in [3.63, 3.8) is 0 Å². The topological polar surface area (TPSA) is 12.0 Å². The van der Waals surface area contributed by atoms with Crippen LogP contribution in [-0.2, 0) is 0 Å². The lowest BCUT2D eigenvalue weighted by Crippen LogP contribution is -2.17. The summed E-state index contributed by atoms with van der Waals surface area (Å²) in [6.07, 6.45) is 5.06. The number of unbranched alkanes of at least 4 members (excludes halogenated alkanes) is 1. The Hall–Kier alpha value is -0.460. The molecule has 0 radical (unpaired) electrons. The molecule has 96 valence electrons. The fraction of sp³-hybridized carbons (Fsp3) is 0.867. The minimum atomic E-state index is 0.732. The lowest BCUT2D eigenvalue weighted by atomic mass is 9.93. The van der Waals surface area contributed by atoms with Crippen LogP contribution < -0.4 is 5.32 Å². The van der Waals surface area contributed by atoms with Crippen molar-refractivity contribution in [1.82, 2.24) is 5.32 Å². The fourth-order valence-electron chi connectivity index (χ4n) is 1.64. The molecule has 0 rings (SSSR count). The smallest absolute Gasteiger partial charge is 0.0143 e. The fourth-order valence-corrected chi connectivity index (χ4v) is 1.64. The highest BCUT2D eigenvalue weighted by atomic mass is 14.9. The van der Waals surface area contributed by atoms with Crippen LogP contribution in [0.1, 0.15) is 60.3 Å². The maximum atomic E-state index is 4.10. The van der Waals surface area contributed by atoms with Crippen LogP contribution in [0.15, 0.2) is 12.3 Å². The molecular formula is C15H31N. The molecule has 0 amide bonds. The van der Waals surface area contributed by atoms with Crippen LogP contribution in [0.3, 0.4) is 0 Å². The average Bonchev–Trinajstić information content (AvgIpc) is 2.16. The first-order valence-corrected chi connectivity index (χ1v) is 6.85. The zero-order chi connectivity index (χ0) is 12.6. The summed E-state index contributed by atoms with van der Waals surface area (Å²) in [7, 11) is 0. The highest BCUT2D eigenvalue weighted by Crippen LogP contribution is 2.17. The van der Waals surface area contributed by atoms with Gasteiger partial charge in [0.05, 0.1) is 0 Å². The number of hydrogen-bond acceptors (Lipinski definition) is 1. The molecule has 0 aromatic heterocycles. The lowest BCUT2D eigenvalue weighted by molar-refractivity contribution is 0.406. The van der Waals surface area contributed by atoms with E-state index in [9.17, 15) is 0 Å². The van der Waals surface area contributed by atoms with Crippen LogP contribution >= 0.6 is 0 Å². The van der Waals surface area contributed by atoms with Crippen molar-refractivity contribution in [2.24, 2.45) is 17.8 Å². The molecular weight excluding hydrogens is 194 g/mol. The number of nitrogens with one attached hydrogen (secondary N) is 1. The van der Waals surface area contributed by atoms with Crippen molar-refractivity contribution in [2.75, 3.05) is 6.54 Å². The van der Waals surface area contributed by atoms with Crippen LogP contribution in [0.2, 0.25) is 0 Å². The second-order valence-corrected chi connectivity index (χ2v) is 5.85. The zero-order valence-corrected chi connectivity index (χ0v) is 12.0. The van der Waals surface area contributed by atoms with E-state index in [2.05, 4.69) is 46.5 Å². The van der Waals surface area contributed by atoms with E-state index in [1.165, 1.54) is 25.0 Å². The van der Waals surface area contributed by atoms with Gasteiger partial charge in [-0.2, -0.15) is 0 Å². The van der Waals surface area contributed by atoms with E-state index in [-0.39, 0.29) is 0 Å². The molecule has 0 saturated carbocycles. The monoisotopic (exact) mass is 225 g/mol. The van der Waals surface area contributed by atoms with E-state index in [4.69, 9.17) is 0 Å². The van der Waals surface area contributed by atoms with Gasteiger partial charge >= 0.3 is 0 Å². The summed E-state index contributed by atoms with van der Waals surface area (Å²) >= 11 is 0. The van der Waals surface area contributed by atoms with Gasteiger partial charge in [-0.1, -0.05) is 54.0 Å². The largest absolute Gasteiger partial charge is 0.389 e. The Morgan fingerprint density at radius 2 is 1.69 bits per heavy atom. The van der Waals surface area contributed by atoms with Crippen molar-refractivity contribution >= 4 is 0 Å². The van der Waals surface area contributed by atoms with Crippen LogP contribution in [0.4, 0.5) is 0 Å². The Labute approximate surface area is 103 Å². The van der Waals surface area contributed by atoms with Gasteiger partial charge in [-0.15, -0.1) is 0 Å². The molecule has 0 fully saturated rings. The van der Waals surface area contributed by atoms with Gasteiger partial charge in [0.25, 0.3) is 0 Å². The standard InChI is InChI=1S/C15H31N/c1-12(2)9-7-8-10-16-15(6)11-14(5)13(3)4/h12-14,16H,6-11H2,1-5H3. The number of rotatable bonds is 9. The number of hydrogen-bond donors (Lipinski definition) is 1. The molecule has 0 saturated heterocycles. The molecule has 0 aliphatic heterocycles. The second kappa shape index (κ2) is 8.66. The summed E-state index contributed by atoms with van der Waals surface area (Å²) in [4.78, 5) is 0. The highest BCUT2D eigenvalue weighted by Gasteiger charge is 2.08. The Kier molecular flexibility index (Phi) is 8.42. The molecule has 1 heteroatoms. The molecule has 1 unspecified atom stereocenters. The number of allylic oxidation sites excluding steroid dienone is 1. The van der Waals surface area contributed by atoms with E-state index in [0.717, 1.165) is 30.7 Å². The summed E-state index contributed by atoms with van der Waals surface area (Å²) in [5.41, 5.74) is 1.21. The Balaban J connectivity index is 3.44. The van der Waals surface area contributed by atoms with Crippen LogP contribution in [-0.4, -0.2) is 6.54 Å². The predicted molar refractivity (Wildman–Crippen MR) is 74.5 cm³/mol. The Bertz CT molecular complexity index is 182. The lowest BCUT2D eigenvalue weighted by Gasteiger charge is -2.18. The molecule has 0 bridgehead atoms. The van der Waals surface area contributed by atoms with Gasteiger partial charge in [0.15, 0.2) is 0 Å². The molecule has 0 spiro atoms.